The molecule has 5 rings (SSSR count). The van der Waals surface area contributed by atoms with Crippen LogP contribution in [0.25, 0.3) is 16.6 Å². The summed E-state index contributed by atoms with van der Waals surface area (Å²) in [6.45, 7) is 4.17. The van der Waals surface area contributed by atoms with Crippen LogP contribution in [-0.4, -0.2) is 20.5 Å². The lowest BCUT2D eigenvalue weighted by molar-refractivity contribution is -0.140. The van der Waals surface area contributed by atoms with E-state index in [1.54, 1.807) is 0 Å². The van der Waals surface area contributed by atoms with Crippen molar-refractivity contribution < 1.29 is 9.90 Å². The summed E-state index contributed by atoms with van der Waals surface area (Å²) in [5, 5.41) is 11.1. The van der Waals surface area contributed by atoms with E-state index in [0.29, 0.717) is 0 Å². The Morgan fingerprint density at radius 3 is 2.52 bits per heavy atom. The van der Waals surface area contributed by atoms with Crippen LogP contribution < -0.4 is 0 Å². The largest absolute Gasteiger partial charge is 0.481 e. The number of hydrogen-bond donors (Lipinski definition) is 1. The van der Waals surface area contributed by atoms with E-state index in [0.717, 1.165) is 49.0 Å². The van der Waals surface area contributed by atoms with Crippen molar-refractivity contribution in [1.29, 1.82) is 0 Å². The van der Waals surface area contributed by atoms with E-state index in [2.05, 4.69) is 53.8 Å². The molecule has 2 aromatic heterocycles. The molecule has 0 unspecified atom stereocenters. The Morgan fingerprint density at radius 2 is 1.81 bits per heavy atom. The van der Waals surface area contributed by atoms with Gasteiger partial charge in [0.15, 0.2) is 0 Å². The summed E-state index contributed by atoms with van der Waals surface area (Å²) in [4.78, 5) is 16.9. The van der Waals surface area contributed by atoms with Gasteiger partial charge >= 0.3 is 5.97 Å². The average Bonchev–Trinajstić information content (AvgIpc) is 3.36. The molecule has 1 atom stereocenters. The molecule has 0 radical (unpaired) electrons. The van der Waals surface area contributed by atoms with Gasteiger partial charge in [-0.25, -0.2) is 4.98 Å². The first kappa shape index (κ1) is 19.8. The molecule has 0 amide bonds. The quantitative estimate of drug-likeness (QED) is 0.434. The number of carboxylic acid groups (broad SMARTS) is 1. The van der Waals surface area contributed by atoms with Crippen molar-refractivity contribution >= 4 is 22.5 Å². The van der Waals surface area contributed by atoms with E-state index in [1.165, 1.54) is 27.7 Å². The minimum atomic E-state index is -0.695. The Balaban J connectivity index is 1.53. The first-order valence-electron chi connectivity index (χ1n) is 11.2. The molecule has 158 valence electrons. The van der Waals surface area contributed by atoms with E-state index >= 15 is 0 Å². The predicted octanol–water partition coefficient (Wildman–Crippen LogP) is 6.05. The van der Waals surface area contributed by atoms with Crippen LogP contribution in [0.4, 0.5) is 0 Å². The lowest BCUT2D eigenvalue weighted by atomic mass is 9.84. The first-order chi connectivity index (χ1) is 15.0. The number of para-hydroxylation sites is 1. The molecule has 0 spiro atoms. The Hall–Kier alpha value is -3.14. The molecular formula is C27H28N2O2. The van der Waals surface area contributed by atoms with E-state index in [-0.39, 0.29) is 11.8 Å². The summed E-state index contributed by atoms with van der Waals surface area (Å²) in [6.07, 6.45) is 5.10. The summed E-state index contributed by atoms with van der Waals surface area (Å²) in [7, 11) is 0. The van der Waals surface area contributed by atoms with Crippen molar-refractivity contribution in [2.45, 2.75) is 51.9 Å². The van der Waals surface area contributed by atoms with Crippen LogP contribution >= 0.6 is 0 Å². The SMILES string of the molecule is Cc1cc(C)n2c(n1)c(Cc1ccc([C@@H](C(=O)O)C3CCCC3)cc1)c1ccccc12. The van der Waals surface area contributed by atoms with Gasteiger partial charge < -0.3 is 5.11 Å². The topological polar surface area (TPSA) is 54.6 Å². The Bertz CT molecular complexity index is 1260. The fourth-order valence-electron chi connectivity index (χ4n) is 5.46. The fourth-order valence-corrected chi connectivity index (χ4v) is 5.46. The maximum atomic E-state index is 12.0. The number of hydrogen-bond acceptors (Lipinski definition) is 2. The number of aryl methyl sites for hydroxylation is 2. The highest BCUT2D eigenvalue weighted by Crippen LogP contribution is 2.38. The third kappa shape index (κ3) is 3.50. The highest BCUT2D eigenvalue weighted by atomic mass is 16.4. The van der Waals surface area contributed by atoms with Gasteiger partial charge in [-0.2, -0.15) is 0 Å². The first-order valence-corrected chi connectivity index (χ1v) is 11.2. The highest BCUT2D eigenvalue weighted by molar-refractivity contribution is 5.91. The van der Waals surface area contributed by atoms with Gasteiger partial charge in [-0.05, 0) is 55.9 Å². The van der Waals surface area contributed by atoms with Crippen LogP contribution in [0.1, 0.15) is 59.7 Å². The zero-order valence-corrected chi connectivity index (χ0v) is 18.1. The van der Waals surface area contributed by atoms with Crippen LogP contribution in [0.3, 0.4) is 0 Å². The molecule has 0 saturated heterocycles. The summed E-state index contributed by atoms with van der Waals surface area (Å²) < 4.78 is 2.24. The van der Waals surface area contributed by atoms with Gasteiger partial charge in [0.25, 0.3) is 0 Å². The Labute approximate surface area is 182 Å². The highest BCUT2D eigenvalue weighted by Gasteiger charge is 2.31. The summed E-state index contributed by atoms with van der Waals surface area (Å²) >= 11 is 0. The number of aliphatic carboxylic acids is 1. The second-order valence-electron chi connectivity index (χ2n) is 8.97. The molecule has 1 saturated carbocycles. The van der Waals surface area contributed by atoms with Crippen molar-refractivity contribution in [2.75, 3.05) is 0 Å². The molecule has 0 bridgehead atoms. The fraction of sp³-hybridized carbons (Fsp3) is 0.333. The normalized spacial score (nSPS) is 15.7. The van der Waals surface area contributed by atoms with Crippen molar-refractivity contribution in [3.63, 3.8) is 0 Å². The van der Waals surface area contributed by atoms with Gasteiger partial charge in [-0.1, -0.05) is 55.3 Å². The lowest BCUT2D eigenvalue weighted by Crippen LogP contribution is -2.19. The average molecular weight is 413 g/mol. The van der Waals surface area contributed by atoms with Crippen LogP contribution in [0.2, 0.25) is 0 Å². The molecule has 1 N–H and O–H groups in total. The van der Waals surface area contributed by atoms with Gasteiger partial charge in [0, 0.05) is 28.8 Å². The Morgan fingerprint density at radius 1 is 1.10 bits per heavy atom. The van der Waals surface area contributed by atoms with E-state index in [1.807, 2.05) is 19.1 Å². The number of benzene rings is 2. The van der Waals surface area contributed by atoms with E-state index in [4.69, 9.17) is 4.98 Å². The molecule has 2 heterocycles. The van der Waals surface area contributed by atoms with Gasteiger partial charge in [0.2, 0.25) is 0 Å². The smallest absolute Gasteiger partial charge is 0.311 e. The lowest BCUT2D eigenvalue weighted by Gasteiger charge is -2.19. The molecule has 1 fully saturated rings. The third-order valence-corrected chi connectivity index (χ3v) is 6.86. The minimum Gasteiger partial charge on any atom is -0.481 e. The summed E-state index contributed by atoms with van der Waals surface area (Å²) in [6, 6.07) is 18.8. The number of aromatic nitrogens is 2. The van der Waals surface area contributed by atoms with Crippen molar-refractivity contribution in [3.05, 3.63) is 82.7 Å². The summed E-state index contributed by atoms with van der Waals surface area (Å²) in [5.41, 5.74) is 7.73. The van der Waals surface area contributed by atoms with Crippen LogP contribution in [0.5, 0.6) is 0 Å². The zero-order valence-electron chi connectivity index (χ0n) is 18.1. The number of carboxylic acids is 1. The predicted molar refractivity (Wildman–Crippen MR) is 124 cm³/mol. The number of fused-ring (bicyclic) bond motifs is 3. The molecule has 31 heavy (non-hydrogen) atoms. The second kappa shape index (κ2) is 7.84. The molecule has 1 aliphatic rings. The second-order valence-corrected chi connectivity index (χ2v) is 8.97. The molecular weight excluding hydrogens is 384 g/mol. The molecule has 4 aromatic rings. The van der Waals surface area contributed by atoms with Crippen molar-refractivity contribution in [2.24, 2.45) is 5.92 Å². The number of nitrogens with zero attached hydrogens (tertiary/aromatic N) is 2. The third-order valence-electron chi connectivity index (χ3n) is 6.86. The molecule has 2 aromatic carbocycles. The molecule has 4 nitrogen and oxygen atoms in total. The van der Waals surface area contributed by atoms with E-state index in [9.17, 15) is 9.90 Å². The maximum Gasteiger partial charge on any atom is 0.311 e. The van der Waals surface area contributed by atoms with Crippen molar-refractivity contribution in [1.82, 2.24) is 9.38 Å². The monoisotopic (exact) mass is 412 g/mol. The van der Waals surface area contributed by atoms with Crippen LogP contribution in [0.15, 0.2) is 54.6 Å². The number of rotatable bonds is 5. The van der Waals surface area contributed by atoms with Crippen LogP contribution in [-0.2, 0) is 11.2 Å². The summed E-state index contributed by atoms with van der Waals surface area (Å²) in [5.74, 6) is -0.822. The zero-order chi connectivity index (χ0) is 21.5. The molecule has 4 heteroatoms. The number of carbonyl (C=O) groups is 1. The molecule has 0 aliphatic heterocycles. The van der Waals surface area contributed by atoms with Crippen LogP contribution in [0, 0.1) is 19.8 Å². The minimum absolute atomic E-state index is 0.262. The van der Waals surface area contributed by atoms with Gasteiger partial charge in [0.1, 0.15) is 5.65 Å². The Kier molecular flexibility index (Phi) is 5.01. The standard InChI is InChI=1S/C27H28N2O2/c1-17-15-18(2)29-24-10-6-5-9-22(24)23(26(29)28-17)16-19-11-13-21(14-12-19)25(27(30)31)20-7-3-4-8-20/h5-6,9-15,20,25H,3-4,7-8,16H2,1-2H3,(H,30,31)/t25-/m0/s1. The van der Waals surface area contributed by atoms with Crippen molar-refractivity contribution in [3.8, 4) is 0 Å². The molecule has 1 aliphatic carbocycles. The van der Waals surface area contributed by atoms with E-state index < -0.39 is 5.97 Å². The van der Waals surface area contributed by atoms with Gasteiger partial charge in [-0.3, -0.25) is 9.20 Å². The van der Waals surface area contributed by atoms with Gasteiger partial charge in [-0.15, -0.1) is 0 Å². The van der Waals surface area contributed by atoms with Gasteiger partial charge in [0.05, 0.1) is 11.4 Å². The maximum absolute atomic E-state index is 12.0.